The van der Waals surface area contributed by atoms with Crippen molar-refractivity contribution in [2.75, 3.05) is 40.6 Å². The fourth-order valence-electron chi connectivity index (χ4n) is 4.54. The number of benzene rings is 3. The quantitative estimate of drug-likeness (QED) is 0.0889. The van der Waals surface area contributed by atoms with Crippen LogP contribution in [0, 0.1) is 0 Å². The first-order valence-electron chi connectivity index (χ1n) is 12.1. The summed E-state index contributed by atoms with van der Waals surface area (Å²) < 4.78 is 23.6. The molecule has 5 rings (SSSR count). The average molecular weight is 638 g/mol. The number of ether oxygens (including phenoxy) is 4. The molecule has 194 valence electrons. The lowest BCUT2D eigenvalue weighted by Crippen LogP contribution is -2.05. The Morgan fingerprint density at radius 1 is 0.553 bits per heavy atom. The lowest BCUT2D eigenvalue weighted by Gasteiger charge is -2.18. The van der Waals surface area contributed by atoms with Crippen molar-refractivity contribution in [3.63, 3.8) is 0 Å². The molecule has 2 aromatic heterocycles. The van der Waals surface area contributed by atoms with Crippen molar-refractivity contribution in [2.24, 2.45) is 0 Å². The molecule has 0 aliphatic carbocycles. The minimum Gasteiger partial charge on any atom is -0.491 e. The van der Waals surface area contributed by atoms with Crippen LogP contribution >= 0.6 is 31.9 Å². The maximum atomic E-state index is 5.94. The molecule has 0 saturated carbocycles. The molecule has 2 heterocycles. The Labute approximate surface area is 238 Å². The molecule has 0 saturated heterocycles. The van der Waals surface area contributed by atoms with E-state index in [0.29, 0.717) is 35.6 Å². The summed E-state index contributed by atoms with van der Waals surface area (Å²) in [5.41, 5.74) is 3.70. The van der Waals surface area contributed by atoms with E-state index in [9.17, 15) is 0 Å². The first-order valence-corrected chi connectivity index (χ1v) is 13.7. The number of halogens is 2. The van der Waals surface area contributed by atoms with Crippen LogP contribution in [-0.4, -0.2) is 50.6 Å². The number of fused-ring (bicyclic) bond motifs is 2. The van der Waals surface area contributed by atoms with E-state index in [-0.39, 0.29) is 0 Å². The summed E-state index contributed by atoms with van der Waals surface area (Å²) in [6, 6.07) is 24.4. The van der Waals surface area contributed by atoms with Gasteiger partial charge in [-0.05, 0) is 53.4 Å². The molecule has 0 amide bonds. The molecule has 8 heteroatoms. The summed E-state index contributed by atoms with van der Waals surface area (Å²) in [4.78, 5) is 9.71. The minimum atomic E-state index is 0.455. The van der Waals surface area contributed by atoms with Crippen LogP contribution in [0.25, 0.3) is 44.1 Å². The summed E-state index contributed by atoms with van der Waals surface area (Å²) in [7, 11) is 3.32. The lowest BCUT2D eigenvalue weighted by molar-refractivity contribution is 0.146. The van der Waals surface area contributed by atoms with Crippen molar-refractivity contribution in [1.29, 1.82) is 0 Å². The summed E-state index contributed by atoms with van der Waals surface area (Å²) in [6.45, 7) is 1.92. The molecule has 0 bridgehead atoms. The van der Waals surface area contributed by atoms with Crippen LogP contribution < -0.4 is 9.47 Å². The Kier molecular flexibility index (Phi) is 8.54. The van der Waals surface area contributed by atoms with Crippen LogP contribution in [0.2, 0.25) is 0 Å². The van der Waals surface area contributed by atoms with Crippen molar-refractivity contribution in [2.45, 2.75) is 0 Å². The van der Waals surface area contributed by atoms with Gasteiger partial charge in [-0.1, -0.05) is 48.5 Å². The molecule has 3 aromatic carbocycles. The Balaban J connectivity index is 1.75. The summed E-state index contributed by atoms with van der Waals surface area (Å²) >= 11 is 7.16. The van der Waals surface area contributed by atoms with Gasteiger partial charge in [0, 0.05) is 49.6 Å². The summed E-state index contributed by atoms with van der Waals surface area (Å²) in [5, 5.41) is 4.27. The van der Waals surface area contributed by atoms with Crippen LogP contribution in [0.3, 0.4) is 0 Å². The Morgan fingerprint density at radius 2 is 0.921 bits per heavy atom. The number of hydrogen-bond acceptors (Lipinski definition) is 6. The number of pyridine rings is 2. The Morgan fingerprint density at radius 3 is 1.26 bits per heavy atom. The van der Waals surface area contributed by atoms with Crippen molar-refractivity contribution >= 4 is 53.4 Å². The maximum absolute atomic E-state index is 5.94. The number of nitrogens with zero attached hydrogens (tertiary/aromatic N) is 2. The van der Waals surface area contributed by atoms with Crippen LogP contribution in [0.1, 0.15) is 0 Å². The third-order valence-electron chi connectivity index (χ3n) is 6.09. The second kappa shape index (κ2) is 12.2. The molecule has 38 heavy (non-hydrogen) atoms. The highest BCUT2D eigenvalue weighted by molar-refractivity contribution is 9.10. The molecule has 0 unspecified atom stereocenters. The van der Waals surface area contributed by atoms with Gasteiger partial charge < -0.3 is 18.9 Å². The zero-order chi connectivity index (χ0) is 26.5. The molecule has 5 aromatic rings. The normalized spacial score (nSPS) is 11.3. The molecule has 0 spiro atoms. The van der Waals surface area contributed by atoms with Gasteiger partial charge in [0.15, 0.2) is 0 Å². The predicted molar refractivity (Wildman–Crippen MR) is 158 cm³/mol. The molecular formula is C30H26Br2N2O4. The summed E-state index contributed by atoms with van der Waals surface area (Å²) in [6.07, 6.45) is 0. The van der Waals surface area contributed by atoms with Crippen molar-refractivity contribution in [3.05, 3.63) is 82.0 Å². The first-order chi connectivity index (χ1) is 18.6. The maximum Gasteiger partial charge on any atom is 0.124 e. The predicted octanol–water partition coefficient (Wildman–Crippen LogP) is 7.69. The molecule has 0 fully saturated rings. The molecule has 0 aliphatic rings. The molecule has 0 atom stereocenters. The van der Waals surface area contributed by atoms with Gasteiger partial charge in [-0.15, -0.1) is 0 Å². The minimum absolute atomic E-state index is 0.455. The smallest absolute Gasteiger partial charge is 0.124 e. The van der Waals surface area contributed by atoms with E-state index < -0.39 is 0 Å². The van der Waals surface area contributed by atoms with E-state index in [4.69, 9.17) is 28.9 Å². The van der Waals surface area contributed by atoms with Crippen LogP contribution in [-0.2, 0) is 9.47 Å². The van der Waals surface area contributed by atoms with E-state index in [2.05, 4.69) is 56.1 Å². The molecule has 6 nitrogen and oxygen atoms in total. The van der Waals surface area contributed by atoms with Gasteiger partial charge in [0.1, 0.15) is 33.9 Å². The summed E-state index contributed by atoms with van der Waals surface area (Å²) in [5.74, 6) is 1.45. The largest absolute Gasteiger partial charge is 0.491 e. The van der Waals surface area contributed by atoms with Gasteiger partial charge in [-0.25, -0.2) is 9.97 Å². The Hall–Kier alpha value is -3.04. The first kappa shape index (κ1) is 26.6. The third-order valence-corrected chi connectivity index (χ3v) is 6.90. The van der Waals surface area contributed by atoms with Gasteiger partial charge in [0.25, 0.3) is 0 Å². The second-order valence-corrected chi connectivity index (χ2v) is 10.2. The SMILES string of the molecule is COCCOc1cc(Br)nc(-c2c3ccccc3c(-c3cc(OCCOC)cc(Br)n3)c3ccccc23)c1. The zero-order valence-corrected chi connectivity index (χ0v) is 24.2. The van der Waals surface area contributed by atoms with E-state index in [1.807, 2.05) is 48.5 Å². The Bertz CT molecular complexity index is 1420. The molecular weight excluding hydrogens is 612 g/mol. The van der Waals surface area contributed by atoms with Crippen LogP contribution in [0.4, 0.5) is 0 Å². The highest BCUT2D eigenvalue weighted by Gasteiger charge is 2.19. The van der Waals surface area contributed by atoms with Gasteiger partial charge in [-0.2, -0.15) is 0 Å². The number of rotatable bonds is 10. The fraction of sp³-hybridized carbons (Fsp3) is 0.200. The third kappa shape index (κ3) is 5.68. The molecule has 0 radical (unpaired) electrons. The highest BCUT2D eigenvalue weighted by atomic mass is 79.9. The van der Waals surface area contributed by atoms with Crippen molar-refractivity contribution in [3.8, 4) is 34.0 Å². The van der Waals surface area contributed by atoms with Crippen molar-refractivity contribution < 1.29 is 18.9 Å². The van der Waals surface area contributed by atoms with Crippen LogP contribution in [0.5, 0.6) is 11.5 Å². The highest BCUT2D eigenvalue weighted by Crippen LogP contribution is 2.44. The molecule has 0 N–H and O–H groups in total. The van der Waals surface area contributed by atoms with E-state index in [1.165, 1.54) is 0 Å². The van der Waals surface area contributed by atoms with E-state index >= 15 is 0 Å². The van der Waals surface area contributed by atoms with E-state index in [0.717, 1.165) is 55.6 Å². The number of hydrogen-bond donors (Lipinski definition) is 0. The monoisotopic (exact) mass is 636 g/mol. The molecule has 0 aliphatic heterocycles. The van der Waals surface area contributed by atoms with Crippen LogP contribution in [0.15, 0.2) is 82.0 Å². The number of aromatic nitrogens is 2. The average Bonchev–Trinajstić information content (AvgIpc) is 2.91. The second-order valence-electron chi connectivity index (χ2n) is 8.55. The zero-order valence-electron chi connectivity index (χ0n) is 21.0. The van der Waals surface area contributed by atoms with Gasteiger partial charge in [0.2, 0.25) is 0 Å². The number of methoxy groups -OCH3 is 2. The fourth-order valence-corrected chi connectivity index (χ4v) is 5.37. The van der Waals surface area contributed by atoms with Gasteiger partial charge in [-0.3, -0.25) is 0 Å². The van der Waals surface area contributed by atoms with Crippen molar-refractivity contribution in [1.82, 2.24) is 9.97 Å². The van der Waals surface area contributed by atoms with E-state index in [1.54, 1.807) is 14.2 Å². The standard InChI is InChI=1S/C30H26Br2N2O4/c1-35-11-13-37-19-15-25(33-27(31)17-19)29-21-7-3-5-9-23(21)30(24-10-6-4-8-22(24)29)26-16-20(18-28(32)34-26)38-14-12-36-2/h3-10,15-18H,11-14H2,1-2H3. The lowest BCUT2D eigenvalue weighted by atomic mass is 9.88. The van der Waals surface area contributed by atoms with Gasteiger partial charge in [0.05, 0.1) is 24.6 Å². The topological polar surface area (TPSA) is 62.7 Å². The van der Waals surface area contributed by atoms with Gasteiger partial charge >= 0.3 is 0 Å².